The third kappa shape index (κ3) is 3.91. The minimum atomic E-state index is 0.117. The first kappa shape index (κ1) is 14.8. The molecule has 0 spiro atoms. The van der Waals surface area contributed by atoms with Gasteiger partial charge in [-0.25, -0.2) is 0 Å². The topological polar surface area (TPSA) is 43.4 Å². The summed E-state index contributed by atoms with van der Waals surface area (Å²) in [5.74, 6) is 0.791. The number of hydrogen-bond acceptors (Lipinski definition) is 4. The van der Waals surface area contributed by atoms with Gasteiger partial charge in [0.25, 0.3) is 0 Å². The molecule has 0 radical (unpaired) electrons. The summed E-state index contributed by atoms with van der Waals surface area (Å²) in [6, 6.07) is 2.34. The third-order valence-electron chi connectivity index (χ3n) is 3.20. The van der Waals surface area contributed by atoms with Gasteiger partial charge in [-0.15, -0.1) is 0 Å². The number of likely N-dealkylation sites (N-methyl/N-ethyl adjacent to an activating group) is 1. The Hall–Kier alpha value is -0.650. The molecule has 1 fully saturated rings. The van der Waals surface area contributed by atoms with Gasteiger partial charge in [-0.3, -0.25) is 4.98 Å². The lowest BCUT2D eigenvalue weighted by molar-refractivity contribution is -0.107. The number of pyridine rings is 1. The average molecular weight is 329 g/mol. The second-order valence-corrected chi connectivity index (χ2v) is 5.65. The summed E-state index contributed by atoms with van der Waals surface area (Å²) in [6.07, 6.45) is 5.75. The zero-order valence-corrected chi connectivity index (χ0v) is 13.0. The zero-order valence-electron chi connectivity index (χ0n) is 11.4. The van der Waals surface area contributed by atoms with E-state index in [1.165, 1.54) is 0 Å². The summed E-state index contributed by atoms with van der Waals surface area (Å²) < 4.78 is 12.8. The largest absolute Gasteiger partial charge is 0.486 e. The van der Waals surface area contributed by atoms with Crippen LogP contribution in [0.4, 0.5) is 0 Å². The van der Waals surface area contributed by atoms with E-state index in [0.29, 0.717) is 6.04 Å². The highest BCUT2D eigenvalue weighted by Gasteiger charge is 2.43. The van der Waals surface area contributed by atoms with Crippen LogP contribution < -0.4 is 10.1 Å². The molecule has 0 saturated heterocycles. The van der Waals surface area contributed by atoms with Crippen molar-refractivity contribution in [3.63, 3.8) is 0 Å². The van der Waals surface area contributed by atoms with Crippen molar-refractivity contribution in [3.8, 4) is 5.75 Å². The lowest BCUT2D eigenvalue weighted by atomic mass is 9.85. The van der Waals surface area contributed by atoms with Crippen LogP contribution in [0.3, 0.4) is 0 Å². The van der Waals surface area contributed by atoms with E-state index < -0.39 is 0 Å². The highest BCUT2D eigenvalue weighted by atomic mass is 79.9. The van der Waals surface area contributed by atoms with Crippen LogP contribution in [-0.4, -0.2) is 36.4 Å². The van der Waals surface area contributed by atoms with Gasteiger partial charge in [-0.2, -0.15) is 0 Å². The van der Waals surface area contributed by atoms with Crippen molar-refractivity contribution < 1.29 is 9.47 Å². The Bertz CT molecular complexity index is 403. The van der Waals surface area contributed by atoms with E-state index in [1.807, 2.05) is 6.07 Å². The van der Waals surface area contributed by atoms with Crippen molar-refractivity contribution in [2.45, 2.75) is 44.9 Å². The quantitative estimate of drug-likeness (QED) is 0.835. The SMILES string of the molecule is CCCOC1C(NCC)CC1Oc1cncc(Br)c1. The Balaban J connectivity index is 1.92. The molecule has 1 aliphatic rings. The molecule has 0 bridgehead atoms. The first-order valence-electron chi connectivity index (χ1n) is 6.86. The molecule has 1 heterocycles. The van der Waals surface area contributed by atoms with Crippen molar-refractivity contribution in [1.82, 2.24) is 10.3 Å². The molecule has 1 saturated carbocycles. The molecule has 1 N–H and O–H groups in total. The molecule has 2 rings (SSSR count). The number of ether oxygens (including phenoxy) is 2. The van der Waals surface area contributed by atoms with Gasteiger partial charge in [0.1, 0.15) is 18.0 Å². The number of nitrogens with one attached hydrogen (secondary N) is 1. The Morgan fingerprint density at radius 1 is 1.42 bits per heavy atom. The van der Waals surface area contributed by atoms with Crippen molar-refractivity contribution in [1.29, 1.82) is 0 Å². The molecule has 19 heavy (non-hydrogen) atoms. The van der Waals surface area contributed by atoms with Crippen LogP contribution in [0.25, 0.3) is 0 Å². The zero-order chi connectivity index (χ0) is 13.7. The highest BCUT2D eigenvalue weighted by Crippen LogP contribution is 2.29. The Kier molecular flexibility index (Phi) is 5.60. The maximum absolute atomic E-state index is 5.96. The average Bonchev–Trinajstić information content (AvgIpc) is 2.38. The van der Waals surface area contributed by atoms with E-state index in [0.717, 1.165) is 36.2 Å². The summed E-state index contributed by atoms with van der Waals surface area (Å²) in [6.45, 7) is 5.98. The van der Waals surface area contributed by atoms with Crippen LogP contribution in [-0.2, 0) is 4.74 Å². The predicted molar refractivity (Wildman–Crippen MR) is 78.5 cm³/mol. The van der Waals surface area contributed by atoms with Crippen LogP contribution in [0, 0.1) is 0 Å². The summed E-state index contributed by atoms with van der Waals surface area (Å²) in [4.78, 5) is 4.11. The van der Waals surface area contributed by atoms with Crippen molar-refractivity contribution >= 4 is 15.9 Å². The van der Waals surface area contributed by atoms with Gasteiger partial charge in [0.05, 0.1) is 6.20 Å². The van der Waals surface area contributed by atoms with Gasteiger partial charge in [-0.05, 0) is 35.0 Å². The fourth-order valence-electron chi connectivity index (χ4n) is 2.27. The molecule has 106 valence electrons. The Morgan fingerprint density at radius 2 is 2.26 bits per heavy atom. The number of nitrogens with zero attached hydrogens (tertiary/aromatic N) is 1. The van der Waals surface area contributed by atoms with E-state index in [4.69, 9.17) is 9.47 Å². The van der Waals surface area contributed by atoms with Gasteiger partial charge in [0.2, 0.25) is 0 Å². The smallest absolute Gasteiger partial charge is 0.139 e. The summed E-state index contributed by atoms with van der Waals surface area (Å²) in [7, 11) is 0. The second kappa shape index (κ2) is 7.22. The monoisotopic (exact) mass is 328 g/mol. The molecule has 1 aromatic rings. The minimum Gasteiger partial charge on any atom is -0.486 e. The second-order valence-electron chi connectivity index (χ2n) is 4.73. The molecular formula is C14H21BrN2O2. The molecule has 5 heteroatoms. The maximum atomic E-state index is 5.96. The maximum Gasteiger partial charge on any atom is 0.139 e. The molecule has 3 unspecified atom stereocenters. The molecule has 1 aliphatic carbocycles. The van der Waals surface area contributed by atoms with Gasteiger partial charge in [-0.1, -0.05) is 13.8 Å². The standard InChI is InChI=1S/C14H21BrN2O2/c1-3-5-18-14-12(17-4-2)7-13(14)19-11-6-10(15)8-16-9-11/h6,8-9,12-14,17H,3-5,7H2,1-2H3. The molecule has 0 aliphatic heterocycles. The number of hydrogen-bond donors (Lipinski definition) is 1. The Labute approximate surface area is 123 Å². The molecule has 3 atom stereocenters. The van der Waals surface area contributed by atoms with Crippen LogP contribution in [0.1, 0.15) is 26.7 Å². The summed E-state index contributed by atoms with van der Waals surface area (Å²) in [5.41, 5.74) is 0. The van der Waals surface area contributed by atoms with Crippen LogP contribution in [0.2, 0.25) is 0 Å². The number of rotatable bonds is 7. The normalized spacial score (nSPS) is 25.9. The number of aromatic nitrogens is 1. The van der Waals surface area contributed by atoms with E-state index >= 15 is 0 Å². The first-order chi connectivity index (χ1) is 9.24. The van der Waals surface area contributed by atoms with E-state index in [9.17, 15) is 0 Å². The van der Waals surface area contributed by atoms with E-state index in [2.05, 4.69) is 40.1 Å². The van der Waals surface area contributed by atoms with Gasteiger partial charge >= 0.3 is 0 Å². The lowest BCUT2D eigenvalue weighted by Gasteiger charge is -2.44. The van der Waals surface area contributed by atoms with Crippen molar-refractivity contribution in [3.05, 3.63) is 22.9 Å². The van der Waals surface area contributed by atoms with Gasteiger partial charge < -0.3 is 14.8 Å². The fraction of sp³-hybridized carbons (Fsp3) is 0.643. The van der Waals surface area contributed by atoms with E-state index in [-0.39, 0.29) is 12.2 Å². The first-order valence-corrected chi connectivity index (χ1v) is 7.66. The minimum absolute atomic E-state index is 0.117. The molecule has 0 aromatic carbocycles. The molecule has 0 amide bonds. The fourth-order valence-corrected chi connectivity index (χ4v) is 2.61. The highest BCUT2D eigenvalue weighted by molar-refractivity contribution is 9.10. The molecular weight excluding hydrogens is 308 g/mol. The lowest BCUT2D eigenvalue weighted by Crippen LogP contribution is -2.61. The van der Waals surface area contributed by atoms with Crippen molar-refractivity contribution in [2.24, 2.45) is 0 Å². The number of halogens is 1. The van der Waals surface area contributed by atoms with Crippen LogP contribution in [0.15, 0.2) is 22.9 Å². The van der Waals surface area contributed by atoms with E-state index in [1.54, 1.807) is 12.4 Å². The predicted octanol–water partition coefficient (Wildman–Crippen LogP) is 2.77. The Morgan fingerprint density at radius 3 is 2.95 bits per heavy atom. The van der Waals surface area contributed by atoms with Crippen LogP contribution in [0.5, 0.6) is 5.75 Å². The van der Waals surface area contributed by atoms with Crippen LogP contribution >= 0.6 is 15.9 Å². The van der Waals surface area contributed by atoms with Gasteiger partial charge in [0.15, 0.2) is 0 Å². The third-order valence-corrected chi connectivity index (χ3v) is 3.63. The molecule has 1 aromatic heterocycles. The molecule has 4 nitrogen and oxygen atoms in total. The van der Waals surface area contributed by atoms with Crippen molar-refractivity contribution in [2.75, 3.05) is 13.2 Å². The summed E-state index contributed by atoms with van der Waals surface area (Å²) >= 11 is 3.40. The van der Waals surface area contributed by atoms with Gasteiger partial charge in [0, 0.05) is 29.7 Å². The summed E-state index contributed by atoms with van der Waals surface area (Å²) in [5, 5.41) is 3.44.